The molecule has 0 aromatic carbocycles. The van der Waals surface area contributed by atoms with Gasteiger partial charge in [-0.15, -0.1) is 0 Å². The molecule has 1 nitrogen and oxygen atoms in total. The number of halogens is 6. The van der Waals surface area contributed by atoms with Gasteiger partial charge in [-0.25, -0.2) is 0 Å². The standard InChI is InChI=1S/C16H36N.6ClH.Sb/c1-5-9-13-17(14-10-6-2,15-11-7-3)16-12-8-4;;;;;;;/h5-16H2,1-4H3;6*1H;/q+1;;;;;;;+5/p-6. The molecule has 0 aliphatic carbocycles. The fourth-order valence-electron chi connectivity index (χ4n) is 2.64. The summed E-state index contributed by atoms with van der Waals surface area (Å²) in [5.74, 6) is 0. The summed E-state index contributed by atoms with van der Waals surface area (Å²) >= 11 is 0. The van der Waals surface area contributed by atoms with Crippen LogP contribution < -0.4 is 0 Å². The van der Waals surface area contributed by atoms with Crippen molar-refractivity contribution < 1.29 is 4.48 Å². The van der Waals surface area contributed by atoms with Gasteiger partial charge in [-0.2, -0.15) is 0 Å². The van der Waals surface area contributed by atoms with Crippen LogP contribution in [0.25, 0.3) is 0 Å². The molecule has 0 aromatic heterocycles. The Morgan fingerprint density at radius 2 is 0.667 bits per heavy atom. The molecule has 0 saturated carbocycles. The SMILES string of the molecule is CCCC[N+](CCCC)(CCCC)CCCC.[Cl][Sb-]([Cl])([Cl])([Cl])([Cl])[Cl]. The van der Waals surface area contributed by atoms with Gasteiger partial charge in [0, 0.05) is 0 Å². The van der Waals surface area contributed by atoms with E-state index in [1.807, 2.05) is 0 Å². The molecule has 0 amide bonds. The third-order valence-electron chi connectivity index (χ3n) is 3.94. The molecule has 0 unspecified atom stereocenters. The molecule has 0 fully saturated rings. The van der Waals surface area contributed by atoms with Gasteiger partial charge in [-0.05, 0) is 25.7 Å². The van der Waals surface area contributed by atoms with Crippen molar-refractivity contribution in [2.45, 2.75) is 79.1 Å². The molecule has 8 heteroatoms. The predicted molar refractivity (Wildman–Crippen MR) is 120 cm³/mol. The minimum atomic E-state index is -5.42. The van der Waals surface area contributed by atoms with Crippen LogP contribution in [0.2, 0.25) is 0 Å². The maximum absolute atomic E-state index is 5.42. The van der Waals surface area contributed by atoms with Gasteiger partial charge in [-0.1, -0.05) is 53.4 Å². The molecule has 0 aliphatic rings. The van der Waals surface area contributed by atoms with E-state index in [0.29, 0.717) is 0 Å². The summed E-state index contributed by atoms with van der Waals surface area (Å²) in [5, 5.41) is 0. The Balaban J connectivity index is 0. The van der Waals surface area contributed by atoms with Crippen molar-refractivity contribution in [3.05, 3.63) is 0 Å². The number of rotatable bonds is 12. The van der Waals surface area contributed by atoms with Crippen LogP contribution in [0.5, 0.6) is 0 Å². The number of hydrogen-bond donors (Lipinski definition) is 0. The van der Waals surface area contributed by atoms with Gasteiger partial charge in [0.2, 0.25) is 0 Å². The second kappa shape index (κ2) is 12.2. The minimum absolute atomic E-state index is 1.35. The average Bonchev–Trinajstić information content (AvgIpc) is 2.42. The fraction of sp³-hybridized carbons (Fsp3) is 1.00. The molecular formula is C16H36Cl6NSb. The van der Waals surface area contributed by atoms with E-state index in [4.69, 9.17) is 53.0 Å². The Hall–Kier alpha value is 2.52. The summed E-state index contributed by atoms with van der Waals surface area (Å²) in [5.41, 5.74) is 0. The Bertz CT molecular complexity index is 265. The Kier molecular flexibility index (Phi) is 14.6. The molecule has 0 aromatic rings. The quantitative estimate of drug-likeness (QED) is 0.161. The molecule has 0 N–H and O–H groups in total. The van der Waals surface area contributed by atoms with E-state index >= 15 is 0 Å². The molecule has 0 atom stereocenters. The van der Waals surface area contributed by atoms with Crippen molar-refractivity contribution in [1.29, 1.82) is 0 Å². The number of hydrogen-bond acceptors (Lipinski definition) is 0. The molecule has 0 spiro atoms. The van der Waals surface area contributed by atoms with Crippen molar-refractivity contribution in [3.8, 4) is 0 Å². The van der Waals surface area contributed by atoms with Crippen LogP contribution in [-0.2, 0) is 0 Å². The van der Waals surface area contributed by atoms with Gasteiger partial charge in [0.05, 0.1) is 26.2 Å². The zero-order valence-corrected chi connectivity index (χ0v) is 22.7. The normalized spacial score (nSPS) is 15.2. The van der Waals surface area contributed by atoms with Gasteiger partial charge in [0.1, 0.15) is 0 Å². The average molecular weight is 577 g/mol. The first kappa shape index (κ1) is 28.7. The molecule has 0 bridgehead atoms. The van der Waals surface area contributed by atoms with Gasteiger partial charge in [0.25, 0.3) is 0 Å². The molecule has 0 radical (unpaired) electrons. The van der Waals surface area contributed by atoms with Crippen molar-refractivity contribution in [2.75, 3.05) is 26.2 Å². The van der Waals surface area contributed by atoms with Gasteiger partial charge >= 0.3 is 62.1 Å². The summed E-state index contributed by atoms with van der Waals surface area (Å²) in [7, 11) is 25.0. The van der Waals surface area contributed by atoms with Crippen LogP contribution in [0.4, 0.5) is 0 Å². The second-order valence-electron chi connectivity index (χ2n) is 6.61. The van der Waals surface area contributed by atoms with E-state index in [0.717, 1.165) is 0 Å². The second-order valence-corrected chi connectivity index (χ2v) is 63.5. The van der Waals surface area contributed by atoms with E-state index in [1.54, 1.807) is 0 Å². The Morgan fingerprint density at radius 1 is 0.500 bits per heavy atom. The van der Waals surface area contributed by atoms with Crippen LogP contribution in [0.15, 0.2) is 0 Å². The van der Waals surface area contributed by atoms with Gasteiger partial charge < -0.3 is 4.48 Å². The van der Waals surface area contributed by atoms with E-state index in [9.17, 15) is 0 Å². The molecule has 24 heavy (non-hydrogen) atoms. The first-order valence-corrected chi connectivity index (χ1v) is 28.5. The first-order valence-electron chi connectivity index (χ1n) is 9.11. The van der Waals surface area contributed by atoms with Crippen LogP contribution in [0, 0.1) is 0 Å². The Labute approximate surface area is 170 Å². The van der Waals surface area contributed by atoms with Crippen molar-refractivity contribution in [3.63, 3.8) is 0 Å². The Morgan fingerprint density at radius 3 is 0.792 bits per heavy atom. The van der Waals surface area contributed by atoms with E-state index in [1.165, 1.54) is 82.0 Å². The van der Waals surface area contributed by atoms with Crippen molar-refractivity contribution >= 4 is 62.1 Å². The van der Waals surface area contributed by atoms with E-state index in [-0.39, 0.29) is 0 Å². The van der Waals surface area contributed by atoms with Crippen molar-refractivity contribution in [2.24, 2.45) is 0 Å². The molecule has 0 heterocycles. The third kappa shape index (κ3) is 26.7. The number of unbranched alkanes of at least 4 members (excludes halogenated alkanes) is 4. The van der Waals surface area contributed by atoms with Crippen LogP contribution in [0.1, 0.15) is 79.1 Å². The van der Waals surface area contributed by atoms with Crippen LogP contribution in [-0.4, -0.2) is 39.8 Å². The molecule has 0 saturated heterocycles. The number of quaternary nitrogens is 1. The summed E-state index contributed by atoms with van der Waals surface area (Å²) in [6.07, 6.45) is 11.1. The van der Waals surface area contributed by atoms with E-state index < -0.39 is 9.14 Å². The molecule has 0 rings (SSSR count). The van der Waals surface area contributed by atoms with Crippen molar-refractivity contribution in [1.82, 2.24) is 0 Å². The molecular weight excluding hydrogens is 541 g/mol. The predicted octanol–water partition coefficient (Wildman–Crippen LogP) is 8.76. The summed E-state index contributed by atoms with van der Waals surface area (Å²) in [6.45, 7) is 15.0. The molecule has 152 valence electrons. The van der Waals surface area contributed by atoms with Gasteiger partial charge in [-0.3, -0.25) is 0 Å². The summed E-state index contributed by atoms with van der Waals surface area (Å²) in [6, 6.07) is 0. The first-order chi connectivity index (χ1) is 10.7. The van der Waals surface area contributed by atoms with Crippen LogP contribution in [0.3, 0.4) is 0 Å². The summed E-state index contributed by atoms with van der Waals surface area (Å²) in [4.78, 5) is 0. The zero-order chi connectivity index (χ0) is 19.4. The summed E-state index contributed by atoms with van der Waals surface area (Å²) < 4.78 is 1.42. The number of nitrogens with zero attached hydrogens (tertiary/aromatic N) is 1. The third-order valence-corrected chi connectivity index (χ3v) is 3.94. The molecule has 0 aliphatic heterocycles. The maximum atomic E-state index is 5.06. The fourth-order valence-corrected chi connectivity index (χ4v) is 2.64. The van der Waals surface area contributed by atoms with Crippen LogP contribution >= 0.6 is 53.0 Å². The van der Waals surface area contributed by atoms with Gasteiger partial charge in [0.15, 0.2) is 0 Å². The van der Waals surface area contributed by atoms with E-state index in [2.05, 4.69) is 27.7 Å². The topological polar surface area (TPSA) is 0 Å². The monoisotopic (exact) mass is 573 g/mol. The zero-order valence-electron chi connectivity index (χ0n) is 15.6.